The maximum atomic E-state index is 12.8. The largest absolute Gasteiger partial charge is 0.490 e. The fourth-order valence-electron chi connectivity index (χ4n) is 3.70. The van der Waals surface area contributed by atoms with E-state index in [1.807, 2.05) is 23.1 Å². The van der Waals surface area contributed by atoms with Gasteiger partial charge in [-0.1, -0.05) is 29.3 Å². The quantitative estimate of drug-likeness (QED) is 0.615. The molecule has 0 radical (unpaired) electrons. The minimum absolute atomic E-state index is 0.0225. The molecule has 146 valence electrons. The molecule has 4 rings (SSSR count). The molecule has 0 bridgehead atoms. The highest BCUT2D eigenvalue weighted by Gasteiger charge is 2.29. The van der Waals surface area contributed by atoms with Crippen LogP contribution in [0.5, 0.6) is 11.5 Å². The number of carbonyl (C=O) groups excluding carboxylic acids is 1. The van der Waals surface area contributed by atoms with E-state index in [4.69, 9.17) is 32.7 Å². The average molecular weight is 418 g/mol. The van der Waals surface area contributed by atoms with E-state index in [0.29, 0.717) is 23.3 Å². The zero-order valence-electron chi connectivity index (χ0n) is 15.4. The zero-order chi connectivity index (χ0) is 19.5. The van der Waals surface area contributed by atoms with Crippen LogP contribution < -0.4 is 9.47 Å². The highest BCUT2D eigenvalue weighted by molar-refractivity contribution is 6.34. The molecular formula is C22H21Cl2NO3. The predicted molar refractivity (Wildman–Crippen MR) is 111 cm³/mol. The summed E-state index contributed by atoms with van der Waals surface area (Å²) in [5.41, 5.74) is 1.88. The van der Waals surface area contributed by atoms with Crippen LogP contribution in [0.15, 0.2) is 42.5 Å². The molecule has 2 aromatic carbocycles. The molecule has 6 heteroatoms. The lowest BCUT2D eigenvalue weighted by molar-refractivity contribution is -0.126. The smallest absolute Gasteiger partial charge is 0.247 e. The molecule has 28 heavy (non-hydrogen) atoms. The van der Waals surface area contributed by atoms with Crippen LogP contribution in [0, 0.1) is 0 Å². The van der Waals surface area contributed by atoms with Gasteiger partial charge in [0.05, 0.1) is 19.3 Å². The fraction of sp³-hybridized carbons (Fsp3) is 0.318. The second-order valence-electron chi connectivity index (χ2n) is 6.98. The van der Waals surface area contributed by atoms with Crippen molar-refractivity contribution in [3.63, 3.8) is 0 Å². The molecule has 0 aromatic heterocycles. The van der Waals surface area contributed by atoms with Crippen molar-refractivity contribution in [2.75, 3.05) is 19.8 Å². The average Bonchev–Trinajstić information content (AvgIpc) is 3.04. The molecule has 2 aromatic rings. The fourth-order valence-corrected chi connectivity index (χ4v) is 4.24. The first kappa shape index (κ1) is 19.2. The van der Waals surface area contributed by atoms with Crippen LogP contribution in [0.25, 0.3) is 6.08 Å². The molecule has 1 atom stereocenters. The third-order valence-corrected chi connectivity index (χ3v) is 5.43. The monoisotopic (exact) mass is 417 g/mol. The van der Waals surface area contributed by atoms with E-state index in [2.05, 4.69) is 0 Å². The molecule has 0 spiro atoms. The number of benzene rings is 2. The van der Waals surface area contributed by atoms with Crippen molar-refractivity contribution in [3.05, 3.63) is 63.6 Å². The zero-order valence-corrected chi connectivity index (χ0v) is 16.9. The van der Waals surface area contributed by atoms with Crippen LogP contribution in [-0.2, 0) is 4.79 Å². The van der Waals surface area contributed by atoms with Gasteiger partial charge in [0.1, 0.15) is 0 Å². The van der Waals surface area contributed by atoms with Gasteiger partial charge in [-0.2, -0.15) is 0 Å². The molecule has 1 amide bonds. The van der Waals surface area contributed by atoms with Crippen molar-refractivity contribution in [3.8, 4) is 11.5 Å². The van der Waals surface area contributed by atoms with Crippen molar-refractivity contribution < 1.29 is 14.3 Å². The minimum Gasteiger partial charge on any atom is -0.490 e. The first-order chi connectivity index (χ1) is 13.6. The summed E-state index contributed by atoms with van der Waals surface area (Å²) < 4.78 is 11.5. The Morgan fingerprint density at radius 1 is 1.00 bits per heavy atom. The third kappa shape index (κ3) is 4.29. The number of hydrogen-bond acceptors (Lipinski definition) is 3. The maximum Gasteiger partial charge on any atom is 0.247 e. The summed E-state index contributed by atoms with van der Waals surface area (Å²) in [4.78, 5) is 14.7. The summed E-state index contributed by atoms with van der Waals surface area (Å²) >= 11 is 12.1. The topological polar surface area (TPSA) is 38.8 Å². The summed E-state index contributed by atoms with van der Waals surface area (Å²) in [6.07, 6.45) is 6.12. The molecule has 1 fully saturated rings. The van der Waals surface area contributed by atoms with Crippen LogP contribution >= 0.6 is 23.2 Å². The second-order valence-corrected chi connectivity index (χ2v) is 7.86. The number of likely N-dealkylation sites (tertiary alicyclic amines) is 1. The number of fused-ring (bicyclic) bond motifs is 1. The Bertz CT molecular complexity index is 892. The number of hydrogen-bond donors (Lipinski definition) is 0. The summed E-state index contributed by atoms with van der Waals surface area (Å²) in [6.45, 7) is 2.05. The molecule has 2 heterocycles. The van der Waals surface area contributed by atoms with E-state index in [0.717, 1.165) is 48.4 Å². The number of halogens is 2. The van der Waals surface area contributed by atoms with E-state index in [-0.39, 0.29) is 11.9 Å². The number of rotatable bonds is 3. The minimum atomic E-state index is -0.0225. The Kier molecular flexibility index (Phi) is 5.79. The molecule has 1 saturated heterocycles. The van der Waals surface area contributed by atoms with Gasteiger partial charge in [-0.3, -0.25) is 4.79 Å². The van der Waals surface area contributed by atoms with Gasteiger partial charge < -0.3 is 14.4 Å². The first-order valence-electron chi connectivity index (χ1n) is 9.44. The van der Waals surface area contributed by atoms with E-state index < -0.39 is 0 Å². The van der Waals surface area contributed by atoms with Gasteiger partial charge >= 0.3 is 0 Å². The lowest BCUT2D eigenvalue weighted by Crippen LogP contribution is -2.28. The molecular weight excluding hydrogens is 397 g/mol. The lowest BCUT2D eigenvalue weighted by atomic mass is 10.0. The molecule has 1 unspecified atom stereocenters. The number of amides is 1. The van der Waals surface area contributed by atoms with Gasteiger partial charge in [-0.05, 0) is 60.4 Å². The lowest BCUT2D eigenvalue weighted by Gasteiger charge is -2.24. The highest BCUT2D eigenvalue weighted by atomic mass is 35.5. The van der Waals surface area contributed by atoms with Crippen molar-refractivity contribution in [2.24, 2.45) is 0 Å². The second kappa shape index (κ2) is 8.46. The summed E-state index contributed by atoms with van der Waals surface area (Å²) in [5.74, 6) is 1.51. The summed E-state index contributed by atoms with van der Waals surface area (Å²) in [7, 11) is 0. The molecule has 0 N–H and O–H groups in total. The van der Waals surface area contributed by atoms with E-state index in [9.17, 15) is 4.79 Å². The van der Waals surface area contributed by atoms with Crippen molar-refractivity contribution >= 4 is 35.2 Å². The predicted octanol–water partition coefficient (Wildman–Crippen LogP) is 5.53. The Morgan fingerprint density at radius 3 is 2.54 bits per heavy atom. The van der Waals surface area contributed by atoms with Gasteiger partial charge in [-0.15, -0.1) is 0 Å². The van der Waals surface area contributed by atoms with Crippen LogP contribution in [0.2, 0.25) is 10.0 Å². The maximum absolute atomic E-state index is 12.8. The SMILES string of the molecule is O=C(/C=C/c1cc(Cl)cc(Cl)c1)N1CCCC1c1ccc2c(c1)OCCCO2. The normalized spacial score (nSPS) is 19.1. The van der Waals surface area contributed by atoms with Crippen molar-refractivity contribution in [2.45, 2.75) is 25.3 Å². The van der Waals surface area contributed by atoms with Crippen LogP contribution in [0.1, 0.15) is 36.4 Å². The highest BCUT2D eigenvalue weighted by Crippen LogP contribution is 2.38. The van der Waals surface area contributed by atoms with Gasteiger partial charge in [0.25, 0.3) is 0 Å². The molecule has 2 aliphatic heterocycles. The van der Waals surface area contributed by atoms with E-state index in [1.54, 1.807) is 30.4 Å². The number of ether oxygens (including phenoxy) is 2. The standard InChI is InChI=1S/C22H21Cl2NO3/c23-17-11-15(12-18(24)14-17)4-7-22(26)25-8-1-3-19(25)16-5-6-20-21(13-16)28-10-2-9-27-20/h4-7,11-14,19H,1-3,8-10H2/b7-4+. The molecule has 0 aliphatic carbocycles. The van der Waals surface area contributed by atoms with Gasteiger partial charge in [0.15, 0.2) is 11.5 Å². The van der Waals surface area contributed by atoms with Gasteiger partial charge in [0.2, 0.25) is 5.91 Å². The first-order valence-corrected chi connectivity index (χ1v) is 10.2. The Balaban J connectivity index is 1.52. The van der Waals surface area contributed by atoms with E-state index in [1.165, 1.54) is 0 Å². The van der Waals surface area contributed by atoms with Crippen LogP contribution in [0.4, 0.5) is 0 Å². The van der Waals surface area contributed by atoms with Gasteiger partial charge in [0, 0.05) is 29.1 Å². The Labute approximate surface area is 174 Å². The molecule has 4 nitrogen and oxygen atoms in total. The van der Waals surface area contributed by atoms with Crippen molar-refractivity contribution in [1.29, 1.82) is 0 Å². The van der Waals surface area contributed by atoms with E-state index >= 15 is 0 Å². The Morgan fingerprint density at radius 2 is 1.75 bits per heavy atom. The Hall–Kier alpha value is -2.17. The third-order valence-electron chi connectivity index (χ3n) is 5.00. The summed E-state index contributed by atoms with van der Waals surface area (Å²) in [5, 5.41) is 1.09. The number of carbonyl (C=O) groups is 1. The molecule has 0 saturated carbocycles. The van der Waals surface area contributed by atoms with Gasteiger partial charge in [-0.25, -0.2) is 0 Å². The molecule has 2 aliphatic rings. The van der Waals surface area contributed by atoms with Crippen molar-refractivity contribution in [1.82, 2.24) is 4.90 Å². The summed E-state index contributed by atoms with van der Waals surface area (Å²) in [6, 6.07) is 11.3. The number of nitrogens with zero attached hydrogens (tertiary/aromatic N) is 1. The van der Waals surface area contributed by atoms with Crippen LogP contribution in [-0.4, -0.2) is 30.6 Å². The van der Waals surface area contributed by atoms with Crippen LogP contribution in [0.3, 0.4) is 0 Å².